The maximum absolute atomic E-state index is 13.9. The molecule has 18 heavy (non-hydrogen) atoms. The number of benzene rings is 1. The molecule has 1 saturated heterocycles. The van der Waals surface area contributed by atoms with Crippen LogP contribution in [-0.4, -0.2) is 22.0 Å². The quantitative estimate of drug-likeness (QED) is 0.778. The fraction of sp³-hybridized carbons (Fsp3) is 0.273. The van der Waals surface area contributed by atoms with Crippen LogP contribution >= 0.6 is 12.2 Å². The maximum Gasteiger partial charge on any atom is 0.222 e. The van der Waals surface area contributed by atoms with E-state index in [1.165, 1.54) is 10.6 Å². The molecule has 1 aromatic carbocycles. The van der Waals surface area contributed by atoms with Gasteiger partial charge in [0.05, 0.1) is 11.6 Å². The van der Waals surface area contributed by atoms with Crippen LogP contribution in [-0.2, 0) is 4.79 Å². The van der Waals surface area contributed by atoms with Gasteiger partial charge in [-0.15, -0.1) is 0 Å². The van der Waals surface area contributed by atoms with Crippen LogP contribution in [0.15, 0.2) is 12.1 Å². The first-order chi connectivity index (χ1) is 8.58. The first-order valence-corrected chi connectivity index (χ1v) is 5.83. The van der Waals surface area contributed by atoms with Crippen LogP contribution in [0, 0.1) is 16.4 Å². The number of nitrogens with one attached hydrogen (secondary N) is 2. The summed E-state index contributed by atoms with van der Waals surface area (Å²) in [5.41, 5.74) is 0.514. The molecular weight excluding hydrogens is 260 g/mol. The highest BCUT2D eigenvalue weighted by Crippen LogP contribution is 2.26. The van der Waals surface area contributed by atoms with E-state index in [0.29, 0.717) is 12.1 Å². The number of nitrogens with zero attached hydrogens (tertiary/aromatic N) is 1. The molecule has 0 bridgehead atoms. The summed E-state index contributed by atoms with van der Waals surface area (Å²) < 4.78 is 28.9. The van der Waals surface area contributed by atoms with Crippen molar-refractivity contribution in [3.63, 3.8) is 0 Å². The fourth-order valence-electron chi connectivity index (χ4n) is 2.27. The largest absolute Gasteiger partial charge is 0.354 e. The molecule has 2 aromatic rings. The molecule has 1 fully saturated rings. The van der Waals surface area contributed by atoms with E-state index in [1.807, 2.05) is 0 Å². The molecule has 1 aliphatic heterocycles. The lowest BCUT2D eigenvalue weighted by Crippen LogP contribution is -2.15. The molecule has 4 nitrogen and oxygen atoms in total. The summed E-state index contributed by atoms with van der Waals surface area (Å²) in [6.45, 7) is 0.371. The Hall–Kier alpha value is -1.76. The number of halogens is 2. The summed E-state index contributed by atoms with van der Waals surface area (Å²) in [5, 5.41) is 2.65. The zero-order valence-corrected chi connectivity index (χ0v) is 9.98. The summed E-state index contributed by atoms with van der Waals surface area (Å²) in [5.74, 6) is -1.99. The lowest BCUT2D eigenvalue weighted by atomic mass is 10.2. The van der Waals surface area contributed by atoms with Crippen LogP contribution < -0.4 is 5.32 Å². The number of hydrogen-bond acceptors (Lipinski definition) is 2. The molecule has 94 valence electrons. The SMILES string of the molecule is O=C1CC(n2c(=S)[nH]c3ccc(F)c(F)c32)CN1. The second-order valence-electron chi connectivity index (χ2n) is 4.22. The summed E-state index contributed by atoms with van der Waals surface area (Å²) in [6, 6.07) is 2.20. The van der Waals surface area contributed by atoms with Crippen LogP contribution in [0.1, 0.15) is 12.5 Å². The standard InChI is InChI=1S/C11H9F2N3OS/c12-6-1-2-7-10(9(6)13)16(11(18)15-7)5-3-8(17)14-4-5/h1-2,5H,3-4H2,(H,14,17)(H,15,18). The third kappa shape index (κ3) is 1.54. The topological polar surface area (TPSA) is 49.8 Å². The Labute approximate surface area is 106 Å². The van der Waals surface area contributed by atoms with Gasteiger partial charge in [0.15, 0.2) is 16.4 Å². The average molecular weight is 269 g/mol. The molecule has 1 aromatic heterocycles. The van der Waals surface area contributed by atoms with Crippen molar-refractivity contribution in [1.29, 1.82) is 0 Å². The predicted octanol–water partition coefficient (Wildman–Crippen LogP) is 2.04. The molecule has 1 aliphatic rings. The van der Waals surface area contributed by atoms with Crippen molar-refractivity contribution in [1.82, 2.24) is 14.9 Å². The fourth-order valence-corrected chi connectivity index (χ4v) is 2.62. The van der Waals surface area contributed by atoms with Gasteiger partial charge >= 0.3 is 0 Å². The number of imidazole rings is 1. The zero-order chi connectivity index (χ0) is 12.9. The van der Waals surface area contributed by atoms with Crippen molar-refractivity contribution in [2.24, 2.45) is 0 Å². The number of aromatic nitrogens is 2. The third-order valence-electron chi connectivity index (χ3n) is 3.09. The van der Waals surface area contributed by atoms with Crippen molar-refractivity contribution in [3.8, 4) is 0 Å². The number of aromatic amines is 1. The molecule has 0 aliphatic carbocycles. The summed E-state index contributed by atoms with van der Waals surface area (Å²) in [4.78, 5) is 14.0. The normalized spacial score (nSPS) is 19.4. The Morgan fingerprint density at radius 2 is 2.17 bits per heavy atom. The van der Waals surface area contributed by atoms with E-state index in [0.717, 1.165) is 6.07 Å². The molecule has 7 heteroatoms. The molecule has 3 rings (SSSR count). The molecule has 2 heterocycles. The monoisotopic (exact) mass is 269 g/mol. The molecule has 0 saturated carbocycles. The Kier molecular flexibility index (Phi) is 2.44. The minimum atomic E-state index is -0.945. The number of amides is 1. The number of fused-ring (bicyclic) bond motifs is 1. The van der Waals surface area contributed by atoms with E-state index in [9.17, 15) is 13.6 Å². The minimum Gasteiger partial charge on any atom is -0.354 e. The minimum absolute atomic E-state index is 0.0847. The van der Waals surface area contributed by atoms with Crippen molar-refractivity contribution in [3.05, 3.63) is 28.5 Å². The summed E-state index contributed by atoms with van der Waals surface area (Å²) in [6.07, 6.45) is 0.219. The first kappa shape index (κ1) is 11.3. The molecule has 2 N–H and O–H groups in total. The van der Waals surface area contributed by atoms with Crippen molar-refractivity contribution >= 4 is 29.2 Å². The Bertz CT molecular complexity index is 706. The van der Waals surface area contributed by atoms with Gasteiger partial charge in [0.1, 0.15) is 5.52 Å². The van der Waals surface area contributed by atoms with Crippen LogP contribution in [0.25, 0.3) is 11.0 Å². The van der Waals surface area contributed by atoms with E-state index < -0.39 is 11.6 Å². The summed E-state index contributed by atoms with van der Waals surface area (Å²) in [7, 11) is 0. The van der Waals surface area contributed by atoms with Crippen LogP contribution in [0.3, 0.4) is 0 Å². The number of carbonyl (C=O) groups excluding carboxylic acids is 1. The number of rotatable bonds is 1. The lowest BCUT2D eigenvalue weighted by Gasteiger charge is -2.11. The zero-order valence-electron chi connectivity index (χ0n) is 9.17. The molecule has 1 atom stereocenters. The van der Waals surface area contributed by atoms with Gasteiger partial charge in [-0.05, 0) is 24.4 Å². The van der Waals surface area contributed by atoms with Crippen LogP contribution in [0.5, 0.6) is 0 Å². The van der Waals surface area contributed by atoms with Gasteiger partial charge < -0.3 is 14.9 Å². The number of carbonyl (C=O) groups is 1. The second kappa shape index (κ2) is 3.88. The predicted molar refractivity (Wildman–Crippen MR) is 63.7 cm³/mol. The number of H-pyrrole nitrogens is 1. The second-order valence-corrected chi connectivity index (χ2v) is 4.61. The molecule has 0 radical (unpaired) electrons. The van der Waals surface area contributed by atoms with Gasteiger partial charge in [-0.3, -0.25) is 4.79 Å². The van der Waals surface area contributed by atoms with Crippen LogP contribution in [0.4, 0.5) is 8.78 Å². The van der Waals surface area contributed by atoms with E-state index in [2.05, 4.69) is 10.3 Å². The molecule has 1 amide bonds. The van der Waals surface area contributed by atoms with Gasteiger partial charge in [0.2, 0.25) is 5.91 Å². The van der Waals surface area contributed by atoms with Gasteiger partial charge in [-0.1, -0.05) is 0 Å². The third-order valence-corrected chi connectivity index (χ3v) is 3.39. The van der Waals surface area contributed by atoms with E-state index >= 15 is 0 Å². The average Bonchev–Trinajstić information content (AvgIpc) is 2.87. The highest BCUT2D eigenvalue weighted by molar-refractivity contribution is 7.71. The van der Waals surface area contributed by atoms with Crippen molar-refractivity contribution < 1.29 is 13.6 Å². The first-order valence-electron chi connectivity index (χ1n) is 5.43. The van der Waals surface area contributed by atoms with Crippen LogP contribution in [0.2, 0.25) is 0 Å². The molecular formula is C11H9F2N3OS. The van der Waals surface area contributed by atoms with Gasteiger partial charge in [0, 0.05) is 13.0 Å². The van der Waals surface area contributed by atoms with Crippen molar-refractivity contribution in [2.75, 3.05) is 6.54 Å². The Balaban J connectivity index is 2.28. The highest BCUT2D eigenvalue weighted by Gasteiger charge is 2.26. The summed E-state index contributed by atoms with van der Waals surface area (Å²) >= 11 is 5.11. The van der Waals surface area contributed by atoms with E-state index in [-0.39, 0.29) is 28.7 Å². The number of hydrogen-bond donors (Lipinski definition) is 2. The van der Waals surface area contributed by atoms with Crippen molar-refractivity contribution in [2.45, 2.75) is 12.5 Å². The Morgan fingerprint density at radius 1 is 1.39 bits per heavy atom. The van der Waals surface area contributed by atoms with E-state index in [4.69, 9.17) is 12.2 Å². The molecule has 1 unspecified atom stereocenters. The highest BCUT2D eigenvalue weighted by atomic mass is 32.1. The van der Waals surface area contributed by atoms with Gasteiger partial charge in [-0.2, -0.15) is 0 Å². The smallest absolute Gasteiger partial charge is 0.222 e. The lowest BCUT2D eigenvalue weighted by molar-refractivity contribution is -0.119. The van der Waals surface area contributed by atoms with Gasteiger partial charge in [0.25, 0.3) is 0 Å². The molecule has 0 spiro atoms. The van der Waals surface area contributed by atoms with E-state index in [1.54, 1.807) is 0 Å². The maximum atomic E-state index is 13.9. The Morgan fingerprint density at radius 3 is 2.83 bits per heavy atom. The van der Waals surface area contributed by atoms with Gasteiger partial charge in [-0.25, -0.2) is 8.78 Å².